The van der Waals surface area contributed by atoms with E-state index in [9.17, 15) is 9.18 Å². The quantitative estimate of drug-likeness (QED) is 0.276. The van der Waals surface area contributed by atoms with Crippen molar-refractivity contribution in [1.29, 1.82) is 0 Å². The summed E-state index contributed by atoms with van der Waals surface area (Å²) >= 11 is 0. The number of fused-ring (bicyclic) bond motifs is 2. The average molecular weight is 584 g/mol. The van der Waals surface area contributed by atoms with Gasteiger partial charge in [-0.1, -0.05) is 13.8 Å². The number of anilines is 6. The molecule has 224 valence electrons. The van der Waals surface area contributed by atoms with E-state index in [0.29, 0.717) is 39.7 Å². The van der Waals surface area contributed by atoms with E-state index >= 15 is 0 Å². The van der Waals surface area contributed by atoms with Gasteiger partial charge in [0.2, 0.25) is 5.95 Å². The van der Waals surface area contributed by atoms with E-state index < -0.39 is 11.9 Å². The molecule has 5 heterocycles. The Morgan fingerprint density at radius 1 is 1.02 bits per heavy atom. The zero-order valence-corrected chi connectivity index (χ0v) is 25.0. The Bertz CT molecular complexity index is 1640. The van der Waals surface area contributed by atoms with Crippen LogP contribution in [-0.2, 0) is 4.79 Å². The Morgan fingerprint density at radius 2 is 1.81 bits per heavy atom. The first-order valence-electron chi connectivity index (χ1n) is 15.4. The molecule has 2 aliphatic heterocycles. The van der Waals surface area contributed by atoms with Gasteiger partial charge in [0.1, 0.15) is 23.1 Å². The third-order valence-electron chi connectivity index (χ3n) is 9.36. The van der Waals surface area contributed by atoms with E-state index in [1.165, 1.54) is 25.3 Å². The molecule has 11 heteroatoms. The molecule has 7 rings (SSSR count). The molecule has 1 aliphatic carbocycles. The monoisotopic (exact) mass is 583 g/mol. The lowest BCUT2D eigenvalue weighted by molar-refractivity contribution is -0.119. The highest BCUT2D eigenvalue weighted by molar-refractivity contribution is 6.09. The molecule has 2 N–H and O–H groups in total. The van der Waals surface area contributed by atoms with Gasteiger partial charge in [-0.2, -0.15) is 10.1 Å². The smallest absolute Gasteiger partial charge is 0.254 e. The van der Waals surface area contributed by atoms with Crippen LogP contribution in [0.5, 0.6) is 0 Å². The summed E-state index contributed by atoms with van der Waals surface area (Å²) in [4.78, 5) is 34.6. The Kier molecular flexibility index (Phi) is 6.90. The van der Waals surface area contributed by atoms with Gasteiger partial charge in [0, 0.05) is 30.2 Å². The third-order valence-corrected chi connectivity index (χ3v) is 9.36. The van der Waals surface area contributed by atoms with Crippen LogP contribution in [0.15, 0.2) is 42.9 Å². The summed E-state index contributed by atoms with van der Waals surface area (Å²) in [6.45, 7) is 8.59. The van der Waals surface area contributed by atoms with Gasteiger partial charge in [0.05, 0.1) is 24.3 Å². The average Bonchev–Trinajstić information content (AvgIpc) is 3.49. The van der Waals surface area contributed by atoms with Crippen molar-refractivity contribution in [1.82, 2.24) is 25.1 Å². The minimum absolute atomic E-state index is 0.0263. The molecule has 1 saturated carbocycles. The Labute approximate surface area is 250 Å². The van der Waals surface area contributed by atoms with Gasteiger partial charge >= 0.3 is 0 Å². The van der Waals surface area contributed by atoms with E-state index in [1.807, 2.05) is 19.1 Å². The standard InChI is InChI=1S/C32H38FN9O/c1-20-30(43)42(24-7-8-27(34-18-24)40-13-5-4-6-14-40)26-19-35-31(37-22-15-21-17-36-39-28(21)25(33)16-22)38-29(26)41(20)23-9-11-32(2,3)12-10-23/h7-8,15-20,23H,4-6,9-14H2,1-3H3,(H,36,39)(H,35,37,38)/t20-/m1/s1. The number of carbonyl (C=O) groups excluding carboxylic acids is 1. The molecule has 0 radical (unpaired) electrons. The van der Waals surface area contributed by atoms with E-state index in [0.717, 1.165) is 44.6 Å². The SMILES string of the molecule is C[C@@H]1C(=O)N(c2ccc(N3CCCCC3)nc2)c2cnc(Nc3cc(F)c4[nH]ncc4c3)nc2N1C1CCC(C)(C)CC1. The van der Waals surface area contributed by atoms with Crippen LogP contribution in [0.1, 0.15) is 65.7 Å². The summed E-state index contributed by atoms with van der Waals surface area (Å²) in [6, 6.07) is 6.93. The van der Waals surface area contributed by atoms with Crippen LogP contribution < -0.4 is 20.0 Å². The second-order valence-corrected chi connectivity index (χ2v) is 12.9. The molecule has 43 heavy (non-hydrogen) atoms. The van der Waals surface area contributed by atoms with Crippen molar-refractivity contribution in [2.24, 2.45) is 5.41 Å². The maximum absolute atomic E-state index is 14.7. The number of rotatable bonds is 5. The molecule has 0 unspecified atom stereocenters. The molecule has 1 saturated heterocycles. The number of nitrogens with zero attached hydrogens (tertiary/aromatic N) is 7. The van der Waals surface area contributed by atoms with Crippen LogP contribution in [0.25, 0.3) is 10.9 Å². The number of hydrogen-bond donors (Lipinski definition) is 2. The lowest BCUT2D eigenvalue weighted by atomic mass is 9.75. The van der Waals surface area contributed by atoms with E-state index in [4.69, 9.17) is 9.97 Å². The van der Waals surface area contributed by atoms with Gasteiger partial charge < -0.3 is 15.1 Å². The Balaban J connectivity index is 1.26. The first kappa shape index (κ1) is 27.5. The summed E-state index contributed by atoms with van der Waals surface area (Å²) in [5.41, 5.74) is 2.48. The highest BCUT2D eigenvalue weighted by Gasteiger charge is 2.43. The van der Waals surface area contributed by atoms with Crippen molar-refractivity contribution < 1.29 is 9.18 Å². The number of H-pyrrole nitrogens is 1. The number of hydrogen-bond acceptors (Lipinski definition) is 8. The van der Waals surface area contributed by atoms with Crippen molar-refractivity contribution in [2.75, 3.05) is 33.1 Å². The van der Waals surface area contributed by atoms with Gasteiger partial charge in [0.25, 0.3) is 5.91 Å². The number of aromatic nitrogens is 5. The predicted molar refractivity (Wildman–Crippen MR) is 167 cm³/mol. The topological polar surface area (TPSA) is 106 Å². The summed E-state index contributed by atoms with van der Waals surface area (Å²) in [5, 5.41) is 10.5. The number of pyridine rings is 1. The van der Waals surface area contributed by atoms with Crippen LogP contribution in [-0.4, -0.2) is 56.2 Å². The maximum Gasteiger partial charge on any atom is 0.254 e. The number of aromatic amines is 1. The normalized spacial score (nSPS) is 20.9. The molecule has 4 aromatic rings. The third kappa shape index (κ3) is 5.14. The molecule has 2 fully saturated rings. The maximum atomic E-state index is 14.7. The fraction of sp³-hybridized carbons (Fsp3) is 0.469. The highest BCUT2D eigenvalue weighted by Crippen LogP contribution is 2.45. The number of carbonyl (C=O) groups is 1. The van der Waals surface area contributed by atoms with Gasteiger partial charge in [-0.05, 0) is 81.5 Å². The number of amides is 1. The largest absolute Gasteiger partial charge is 0.357 e. The summed E-state index contributed by atoms with van der Waals surface area (Å²) in [6.07, 6.45) is 12.8. The predicted octanol–water partition coefficient (Wildman–Crippen LogP) is 6.46. The molecule has 1 atom stereocenters. The zero-order chi connectivity index (χ0) is 29.7. The molecule has 3 aromatic heterocycles. The van der Waals surface area contributed by atoms with Crippen LogP contribution in [0.2, 0.25) is 0 Å². The molecule has 10 nitrogen and oxygen atoms in total. The van der Waals surface area contributed by atoms with Gasteiger partial charge in [-0.15, -0.1) is 0 Å². The summed E-state index contributed by atoms with van der Waals surface area (Å²) in [5.74, 6) is 1.53. The van der Waals surface area contributed by atoms with Crippen LogP contribution in [0, 0.1) is 11.2 Å². The van der Waals surface area contributed by atoms with Gasteiger partial charge in [-0.3, -0.25) is 14.8 Å². The Hall–Kier alpha value is -4.28. The molecule has 0 bridgehead atoms. The second kappa shape index (κ2) is 10.8. The van der Waals surface area contributed by atoms with Crippen molar-refractivity contribution in [3.63, 3.8) is 0 Å². The number of piperidine rings is 1. The van der Waals surface area contributed by atoms with Crippen molar-refractivity contribution >= 4 is 51.5 Å². The highest BCUT2D eigenvalue weighted by atomic mass is 19.1. The fourth-order valence-electron chi connectivity index (χ4n) is 6.84. The van der Waals surface area contributed by atoms with Crippen LogP contribution >= 0.6 is 0 Å². The first-order chi connectivity index (χ1) is 20.8. The molecule has 3 aliphatic rings. The summed E-state index contributed by atoms with van der Waals surface area (Å²) in [7, 11) is 0. The van der Waals surface area contributed by atoms with E-state index in [1.54, 1.807) is 29.6 Å². The molecule has 1 aromatic carbocycles. The Morgan fingerprint density at radius 3 is 2.56 bits per heavy atom. The molecule has 0 spiro atoms. The van der Waals surface area contributed by atoms with Gasteiger partial charge in [0.15, 0.2) is 11.6 Å². The molecular weight excluding hydrogens is 545 g/mol. The minimum Gasteiger partial charge on any atom is -0.357 e. The van der Waals surface area contributed by atoms with Crippen LogP contribution in [0.3, 0.4) is 0 Å². The lowest BCUT2D eigenvalue weighted by Crippen LogP contribution is -2.55. The molecular formula is C32H38FN9O. The minimum atomic E-state index is -0.428. The number of benzene rings is 1. The number of halogens is 1. The number of nitrogens with one attached hydrogen (secondary N) is 2. The van der Waals surface area contributed by atoms with Gasteiger partial charge in [-0.25, -0.2) is 14.4 Å². The summed E-state index contributed by atoms with van der Waals surface area (Å²) < 4.78 is 14.7. The molecule has 1 amide bonds. The first-order valence-corrected chi connectivity index (χ1v) is 15.4. The zero-order valence-electron chi connectivity index (χ0n) is 25.0. The van der Waals surface area contributed by atoms with Crippen LogP contribution in [0.4, 0.5) is 39.0 Å². The van der Waals surface area contributed by atoms with E-state index in [-0.39, 0.29) is 17.4 Å². The van der Waals surface area contributed by atoms with Crippen molar-refractivity contribution in [2.45, 2.75) is 77.8 Å². The fourth-order valence-corrected chi connectivity index (χ4v) is 6.84. The second-order valence-electron chi connectivity index (χ2n) is 12.9. The van der Waals surface area contributed by atoms with Crippen molar-refractivity contribution in [3.8, 4) is 0 Å². The lowest BCUT2D eigenvalue weighted by Gasteiger charge is -2.47. The van der Waals surface area contributed by atoms with E-state index in [2.05, 4.69) is 44.1 Å². The van der Waals surface area contributed by atoms with Crippen molar-refractivity contribution in [3.05, 3.63) is 48.7 Å².